The van der Waals surface area contributed by atoms with Crippen LogP contribution < -0.4 is 5.11 Å². The maximum atomic E-state index is 11.7. The molecule has 1 saturated heterocycles. The van der Waals surface area contributed by atoms with Gasteiger partial charge in [-0.2, -0.15) is 0 Å². The Morgan fingerprint density at radius 1 is 1.61 bits per heavy atom. The fourth-order valence-electron chi connectivity index (χ4n) is 1.34. The molecule has 18 heavy (non-hydrogen) atoms. The third-order valence-electron chi connectivity index (χ3n) is 2.13. The second-order valence-electron chi connectivity index (χ2n) is 4.86. The molecule has 6 nitrogen and oxygen atoms in total. The number of nitrogens with zero attached hydrogens (tertiary/aromatic N) is 2. The van der Waals surface area contributed by atoms with E-state index in [1.165, 1.54) is 16.7 Å². The minimum absolute atomic E-state index is 0.278. The zero-order valence-corrected chi connectivity index (χ0v) is 11.5. The first kappa shape index (κ1) is 14.8. The van der Waals surface area contributed by atoms with Crippen molar-refractivity contribution < 1.29 is 19.4 Å². The first-order chi connectivity index (χ1) is 8.33. The molecule has 1 rings (SSSR count). The van der Waals surface area contributed by atoms with Gasteiger partial charge in [0.15, 0.2) is 0 Å². The van der Waals surface area contributed by atoms with Crippen molar-refractivity contribution in [1.82, 2.24) is 4.90 Å². The number of carbonyl (C=O) groups is 2. The molecule has 1 atom stereocenters. The summed E-state index contributed by atoms with van der Waals surface area (Å²) >= 11 is 1.50. The molecule has 1 fully saturated rings. The van der Waals surface area contributed by atoms with Crippen LogP contribution in [0.15, 0.2) is 4.99 Å². The van der Waals surface area contributed by atoms with E-state index in [9.17, 15) is 14.7 Å². The van der Waals surface area contributed by atoms with E-state index in [0.717, 1.165) is 6.29 Å². The molecule has 7 heteroatoms. The second kappa shape index (κ2) is 6.08. The fraction of sp³-hybridized carbons (Fsp3) is 0.727. The first-order valence-corrected chi connectivity index (χ1v) is 6.72. The summed E-state index contributed by atoms with van der Waals surface area (Å²) in [5, 5.41) is 11.3. The molecule has 1 aliphatic rings. The quantitative estimate of drug-likeness (QED) is 0.397. The average molecular weight is 273 g/mol. The highest BCUT2D eigenvalue weighted by atomic mass is 32.2. The van der Waals surface area contributed by atoms with E-state index in [2.05, 4.69) is 4.99 Å². The van der Waals surface area contributed by atoms with Gasteiger partial charge in [-0.15, -0.1) is 11.8 Å². The van der Waals surface area contributed by atoms with Crippen LogP contribution in [-0.2, 0) is 14.3 Å². The summed E-state index contributed by atoms with van der Waals surface area (Å²) in [7, 11) is 0. The van der Waals surface area contributed by atoms with Crippen molar-refractivity contribution in [1.29, 1.82) is 0 Å². The lowest BCUT2D eigenvalue weighted by atomic mass is 10.2. The number of hydrogen-bond donors (Lipinski definition) is 0. The predicted molar refractivity (Wildman–Crippen MR) is 67.2 cm³/mol. The molecule has 0 bridgehead atoms. The molecular weight excluding hydrogens is 256 g/mol. The Balaban J connectivity index is 2.50. The standard InChI is InChI=1S/C11H18N2O4S/c1-11(2,3)17-10(16)12-4-9(15)13-7-18-6-8(13)5-14/h5,8H,4,6-7H2,1-3H3,(H,12,16)/p-1/t8-/m1/s1. The molecule has 0 radical (unpaired) electrons. The highest BCUT2D eigenvalue weighted by Gasteiger charge is 2.28. The summed E-state index contributed by atoms with van der Waals surface area (Å²) < 4.78 is 4.95. The van der Waals surface area contributed by atoms with Crippen LogP contribution in [0.4, 0.5) is 0 Å². The van der Waals surface area contributed by atoms with E-state index in [1.807, 2.05) is 0 Å². The van der Waals surface area contributed by atoms with Crippen molar-refractivity contribution in [3.05, 3.63) is 0 Å². The van der Waals surface area contributed by atoms with Crippen molar-refractivity contribution in [3.8, 4) is 0 Å². The fourth-order valence-corrected chi connectivity index (χ4v) is 2.48. The largest absolute Gasteiger partial charge is 0.595 e. The van der Waals surface area contributed by atoms with Gasteiger partial charge in [0.2, 0.25) is 5.91 Å². The van der Waals surface area contributed by atoms with Crippen LogP contribution in [-0.4, -0.2) is 53.0 Å². The molecule has 0 aromatic heterocycles. The summed E-state index contributed by atoms with van der Waals surface area (Å²) in [5.74, 6) is 0.733. The molecule has 1 aliphatic heterocycles. The predicted octanol–water partition coefficient (Wildman–Crippen LogP) is -0.382. The summed E-state index contributed by atoms with van der Waals surface area (Å²) in [4.78, 5) is 27.4. The molecule has 102 valence electrons. The average Bonchev–Trinajstić information content (AvgIpc) is 2.71. The Labute approximate surface area is 110 Å². The van der Waals surface area contributed by atoms with Crippen molar-refractivity contribution in [2.24, 2.45) is 4.99 Å². The van der Waals surface area contributed by atoms with Crippen LogP contribution >= 0.6 is 11.8 Å². The first-order valence-electron chi connectivity index (χ1n) is 5.56. The van der Waals surface area contributed by atoms with E-state index in [-0.39, 0.29) is 12.5 Å². The summed E-state index contributed by atoms with van der Waals surface area (Å²) in [6, 6.07) is -0.406. The van der Waals surface area contributed by atoms with Gasteiger partial charge in [0.25, 0.3) is 0 Å². The second-order valence-corrected chi connectivity index (χ2v) is 5.86. The van der Waals surface area contributed by atoms with Crippen LogP contribution in [0.1, 0.15) is 20.8 Å². The summed E-state index contributed by atoms with van der Waals surface area (Å²) in [6.07, 6.45) is -0.0175. The van der Waals surface area contributed by atoms with E-state index in [1.54, 1.807) is 20.8 Å². The number of amides is 1. The molecule has 0 aromatic rings. The van der Waals surface area contributed by atoms with Crippen LogP contribution in [0.5, 0.6) is 0 Å². The Kier molecular flexibility index (Phi) is 5.01. The Morgan fingerprint density at radius 3 is 2.83 bits per heavy atom. The molecule has 0 saturated carbocycles. The zero-order valence-electron chi connectivity index (χ0n) is 10.7. The Hall–Kier alpha value is -1.24. The molecule has 0 spiro atoms. The van der Waals surface area contributed by atoms with E-state index >= 15 is 0 Å². The van der Waals surface area contributed by atoms with Gasteiger partial charge in [0.1, 0.15) is 18.9 Å². The minimum Gasteiger partial charge on any atom is -0.595 e. The maximum Gasteiger partial charge on any atom is 0.245 e. The third kappa shape index (κ3) is 4.56. The molecule has 0 unspecified atom stereocenters. The molecular formula is C11H17N2O4S-. The SMILES string of the molecule is CC(C)(C)OC([O-])=NCC(=O)N1CSC[C@H]1C=O. The number of rotatable bonds is 3. The number of hydrogen-bond acceptors (Lipinski definition) is 6. The van der Waals surface area contributed by atoms with Crippen LogP contribution in [0, 0.1) is 0 Å². The van der Waals surface area contributed by atoms with Gasteiger partial charge in [-0.05, 0) is 0 Å². The van der Waals surface area contributed by atoms with Crippen molar-refractivity contribution in [2.45, 2.75) is 32.4 Å². The van der Waals surface area contributed by atoms with Gasteiger partial charge in [0, 0.05) is 11.4 Å². The Bertz CT molecular complexity index is 351. The monoisotopic (exact) mass is 273 g/mol. The number of aldehydes is 1. The normalized spacial score (nSPS) is 20.9. The van der Waals surface area contributed by atoms with Gasteiger partial charge in [-0.3, -0.25) is 9.79 Å². The molecule has 0 N–H and O–H groups in total. The van der Waals surface area contributed by atoms with Gasteiger partial charge >= 0.3 is 0 Å². The number of carbonyl (C=O) groups excluding carboxylic acids is 2. The van der Waals surface area contributed by atoms with E-state index < -0.39 is 17.7 Å². The molecule has 0 aromatic carbocycles. The zero-order chi connectivity index (χ0) is 13.8. The maximum absolute atomic E-state index is 11.7. The lowest BCUT2D eigenvalue weighted by Gasteiger charge is -2.29. The van der Waals surface area contributed by atoms with Crippen LogP contribution in [0.25, 0.3) is 0 Å². The highest BCUT2D eigenvalue weighted by Crippen LogP contribution is 2.19. The number of thioether (sulfide) groups is 1. The third-order valence-corrected chi connectivity index (χ3v) is 3.17. The van der Waals surface area contributed by atoms with E-state index in [4.69, 9.17) is 4.74 Å². The number of aliphatic imine (C=N–C) groups is 1. The molecule has 1 heterocycles. The minimum atomic E-state index is -0.759. The van der Waals surface area contributed by atoms with E-state index in [0.29, 0.717) is 11.6 Å². The lowest BCUT2D eigenvalue weighted by Crippen LogP contribution is -2.39. The summed E-state index contributed by atoms with van der Waals surface area (Å²) in [6.45, 7) is 4.89. The van der Waals surface area contributed by atoms with Crippen molar-refractivity contribution in [3.63, 3.8) is 0 Å². The van der Waals surface area contributed by atoms with Crippen LogP contribution in [0.3, 0.4) is 0 Å². The Morgan fingerprint density at radius 2 is 2.28 bits per heavy atom. The molecule has 1 amide bonds. The van der Waals surface area contributed by atoms with Gasteiger partial charge in [-0.25, -0.2) is 0 Å². The summed E-state index contributed by atoms with van der Waals surface area (Å²) in [5.41, 5.74) is -0.627. The smallest absolute Gasteiger partial charge is 0.245 e. The van der Waals surface area contributed by atoms with Crippen molar-refractivity contribution in [2.75, 3.05) is 18.2 Å². The van der Waals surface area contributed by atoms with Gasteiger partial charge in [0.05, 0.1) is 11.9 Å². The highest BCUT2D eigenvalue weighted by molar-refractivity contribution is 7.99. The molecule has 0 aliphatic carbocycles. The van der Waals surface area contributed by atoms with Crippen molar-refractivity contribution >= 4 is 30.0 Å². The van der Waals surface area contributed by atoms with Crippen LogP contribution in [0.2, 0.25) is 0 Å². The topological polar surface area (TPSA) is 82.0 Å². The van der Waals surface area contributed by atoms with Gasteiger partial charge < -0.3 is 19.5 Å². The lowest BCUT2D eigenvalue weighted by molar-refractivity contribution is -0.260. The van der Waals surface area contributed by atoms with Gasteiger partial charge in [-0.1, -0.05) is 20.8 Å². The number of ether oxygens (including phenoxy) is 1.